The van der Waals surface area contributed by atoms with Crippen LogP contribution in [0.1, 0.15) is 19.8 Å². The van der Waals surface area contributed by atoms with E-state index >= 15 is 0 Å². The standard InChI is InChI=1S/C18H23F3N4O3S/c1-3-4-10-25-15(13-5-7-14(27-2)8-6-13)23-24-16(25)29-11-9-22-17(26)28-12-18(19,20)21/h5-8H,3-4,9-12H2,1-2H3,(H,22,26). The Bertz CT molecular complexity index is 782. The second-order valence-corrected chi connectivity index (χ2v) is 7.07. The summed E-state index contributed by atoms with van der Waals surface area (Å²) in [6, 6.07) is 7.49. The number of benzene rings is 1. The van der Waals surface area contributed by atoms with Gasteiger partial charge in [-0.05, 0) is 30.7 Å². The van der Waals surface area contributed by atoms with Crippen molar-refractivity contribution in [1.82, 2.24) is 20.1 Å². The van der Waals surface area contributed by atoms with Crippen molar-refractivity contribution in [2.75, 3.05) is 26.0 Å². The third kappa shape index (κ3) is 7.48. The number of methoxy groups -OCH3 is 1. The summed E-state index contributed by atoms with van der Waals surface area (Å²) in [6.45, 7) is 1.34. The number of nitrogens with one attached hydrogen (secondary N) is 1. The zero-order valence-corrected chi connectivity index (χ0v) is 17.0. The first-order valence-electron chi connectivity index (χ1n) is 9.02. The van der Waals surface area contributed by atoms with Crippen LogP contribution in [0, 0.1) is 0 Å². The van der Waals surface area contributed by atoms with Gasteiger partial charge >= 0.3 is 12.3 Å². The quantitative estimate of drug-likeness (QED) is 0.449. The Morgan fingerprint density at radius 3 is 2.59 bits per heavy atom. The molecule has 2 rings (SSSR count). The minimum atomic E-state index is -4.54. The van der Waals surface area contributed by atoms with Gasteiger partial charge in [0, 0.05) is 24.4 Å². The fourth-order valence-corrected chi connectivity index (χ4v) is 3.18. The Balaban J connectivity index is 1.95. The van der Waals surface area contributed by atoms with E-state index < -0.39 is 18.9 Å². The highest BCUT2D eigenvalue weighted by atomic mass is 32.2. The molecule has 11 heteroatoms. The molecular formula is C18H23F3N4O3S. The van der Waals surface area contributed by atoms with Gasteiger partial charge in [-0.1, -0.05) is 25.1 Å². The van der Waals surface area contributed by atoms with Crippen LogP contribution in [0.3, 0.4) is 0 Å². The van der Waals surface area contributed by atoms with Crippen LogP contribution >= 0.6 is 11.8 Å². The fourth-order valence-electron chi connectivity index (χ4n) is 2.36. The second-order valence-electron chi connectivity index (χ2n) is 6.01. The Labute approximate surface area is 171 Å². The number of hydrogen-bond acceptors (Lipinski definition) is 6. The first kappa shape index (κ1) is 22.9. The Morgan fingerprint density at radius 1 is 1.24 bits per heavy atom. The van der Waals surface area contributed by atoms with Gasteiger partial charge in [0.25, 0.3) is 0 Å². The number of hydrogen-bond donors (Lipinski definition) is 1. The molecule has 1 heterocycles. The lowest BCUT2D eigenvalue weighted by molar-refractivity contribution is -0.160. The number of alkyl halides is 3. The average molecular weight is 432 g/mol. The number of unbranched alkanes of at least 4 members (excludes halogenated alkanes) is 1. The number of carbonyl (C=O) groups excluding carboxylic acids is 1. The first-order chi connectivity index (χ1) is 13.8. The van der Waals surface area contributed by atoms with Crippen LogP contribution in [0.2, 0.25) is 0 Å². The van der Waals surface area contributed by atoms with Gasteiger partial charge in [-0.15, -0.1) is 10.2 Å². The molecule has 0 aliphatic rings. The zero-order chi connectivity index (χ0) is 21.3. The molecule has 1 amide bonds. The summed E-state index contributed by atoms with van der Waals surface area (Å²) in [6.07, 6.45) is -3.71. The highest BCUT2D eigenvalue weighted by molar-refractivity contribution is 7.99. The number of ether oxygens (including phenoxy) is 2. The number of nitrogens with zero attached hydrogens (tertiary/aromatic N) is 3. The lowest BCUT2D eigenvalue weighted by Crippen LogP contribution is -2.30. The van der Waals surface area contributed by atoms with E-state index in [0.717, 1.165) is 36.5 Å². The molecule has 29 heavy (non-hydrogen) atoms. The van der Waals surface area contributed by atoms with Gasteiger partial charge in [0.1, 0.15) is 5.75 Å². The zero-order valence-electron chi connectivity index (χ0n) is 16.2. The predicted molar refractivity (Wildman–Crippen MR) is 103 cm³/mol. The molecule has 0 aliphatic heterocycles. The molecule has 0 aliphatic carbocycles. The van der Waals surface area contributed by atoms with Crippen molar-refractivity contribution < 1.29 is 27.4 Å². The van der Waals surface area contributed by atoms with Gasteiger partial charge in [-0.3, -0.25) is 0 Å². The molecule has 1 N–H and O–H groups in total. The molecule has 2 aromatic rings. The number of rotatable bonds is 10. The van der Waals surface area contributed by atoms with E-state index in [2.05, 4.69) is 27.2 Å². The number of aromatic nitrogens is 3. The molecular weight excluding hydrogens is 409 g/mol. The van der Waals surface area contributed by atoms with E-state index in [1.807, 2.05) is 28.8 Å². The van der Waals surface area contributed by atoms with Crippen LogP contribution in [0.5, 0.6) is 5.75 Å². The minimum absolute atomic E-state index is 0.139. The lowest BCUT2D eigenvalue weighted by Gasteiger charge is -2.11. The molecule has 160 valence electrons. The average Bonchev–Trinajstić information content (AvgIpc) is 3.10. The predicted octanol–water partition coefficient (Wildman–Crippen LogP) is 4.13. The topological polar surface area (TPSA) is 78.3 Å². The summed E-state index contributed by atoms with van der Waals surface area (Å²) in [4.78, 5) is 11.3. The number of alkyl carbamates (subject to hydrolysis) is 1. The number of thioether (sulfide) groups is 1. The van der Waals surface area contributed by atoms with Crippen LogP contribution in [-0.2, 0) is 11.3 Å². The van der Waals surface area contributed by atoms with E-state index in [-0.39, 0.29) is 6.54 Å². The monoisotopic (exact) mass is 432 g/mol. The second kappa shape index (κ2) is 10.9. The van der Waals surface area contributed by atoms with Crippen LogP contribution < -0.4 is 10.1 Å². The highest BCUT2D eigenvalue weighted by Gasteiger charge is 2.29. The van der Waals surface area contributed by atoms with Crippen LogP contribution in [-0.4, -0.2) is 53.0 Å². The van der Waals surface area contributed by atoms with Crippen LogP contribution in [0.4, 0.5) is 18.0 Å². The molecule has 1 aromatic heterocycles. The number of carbonyl (C=O) groups is 1. The molecule has 0 fully saturated rings. The van der Waals surface area contributed by atoms with Crippen molar-refractivity contribution >= 4 is 17.9 Å². The Morgan fingerprint density at radius 2 is 1.97 bits per heavy atom. The maximum Gasteiger partial charge on any atom is 0.422 e. The van der Waals surface area contributed by atoms with Crippen LogP contribution in [0.15, 0.2) is 29.4 Å². The summed E-state index contributed by atoms with van der Waals surface area (Å²) < 4.78 is 47.3. The van der Waals surface area contributed by atoms with Gasteiger partial charge in [-0.2, -0.15) is 13.2 Å². The Kier molecular flexibility index (Phi) is 8.62. The first-order valence-corrected chi connectivity index (χ1v) is 10.0. The van der Waals surface area contributed by atoms with Crippen molar-refractivity contribution in [3.63, 3.8) is 0 Å². The van der Waals surface area contributed by atoms with Crippen molar-refractivity contribution in [1.29, 1.82) is 0 Å². The Hall–Kier alpha value is -2.43. The molecule has 1 aromatic carbocycles. The third-order valence-corrected chi connectivity index (χ3v) is 4.74. The molecule has 0 radical (unpaired) electrons. The molecule has 0 atom stereocenters. The highest BCUT2D eigenvalue weighted by Crippen LogP contribution is 2.26. The largest absolute Gasteiger partial charge is 0.497 e. The van der Waals surface area contributed by atoms with Gasteiger partial charge in [-0.25, -0.2) is 4.79 Å². The normalized spacial score (nSPS) is 11.3. The van der Waals surface area contributed by atoms with E-state index in [4.69, 9.17) is 4.74 Å². The summed E-state index contributed by atoms with van der Waals surface area (Å²) >= 11 is 1.36. The summed E-state index contributed by atoms with van der Waals surface area (Å²) in [7, 11) is 1.60. The van der Waals surface area contributed by atoms with Gasteiger partial charge in [0.05, 0.1) is 7.11 Å². The molecule has 0 spiro atoms. The van der Waals surface area contributed by atoms with Crippen molar-refractivity contribution in [2.45, 2.75) is 37.6 Å². The summed E-state index contributed by atoms with van der Waals surface area (Å²) in [5.74, 6) is 1.88. The molecule has 0 saturated heterocycles. The maximum atomic E-state index is 12.0. The molecule has 7 nitrogen and oxygen atoms in total. The van der Waals surface area contributed by atoms with E-state index in [1.54, 1.807) is 7.11 Å². The molecule has 0 unspecified atom stereocenters. The smallest absolute Gasteiger partial charge is 0.422 e. The van der Waals surface area contributed by atoms with Crippen LogP contribution in [0.25, 0.3) is 11.4 Å². The lowest BCUT2D eigenvalue weighted by atomic mass is 10.2. The summed E-state index contributed by atoms with van der Waals surface area (Å²) in [5.41, 5.74) is 0.898. The van der Waals surface area contributed by atoms with Crippen molar-refractivity contribution in [3.8, 4) is 17.1 Å². The van der Waals surface area contributed by atoms with Crippen molar-refractivity contribution in [2.24, 2.45) is 0 Å². The van der Waals surface area contributed by atoms with E-state index in [9.17, 15) is 18.0 Å². The minimum Gasteiger partial charge on any atom is -0.497 e. The third-order valence-electron chi connectivity index (χ3n) is 3.77. The number of halogens is 3. The van der Waals surface area contributed by atoms with Gasteiger partial charge in [0.2, 0.25) is 0 Å². The van der Waals surface area contributed by atoms with Gasteiger partial charge < -0.3 is 19.4 Å². The van der Waals surface area contributed by atoms with Gasteiger partial charge in [0.15, 0.2) is 17.6 Å². The van der Waals surface area contributed by atoms with Crippen molar-refractivity contribution in [3.05, 3.63) is 24.3 Å². The summed E-state index contributed by atoms with van der Waals surface area (Å²) in [5, 5.41) is 11.5. The van der Waals surface area contributed by atoms with E-state index in [1.165, 1.54) is 11.8 Å². The SMILES string of the molecule is CCCCn1c(SCCNC(=O)OCC(F)(F)F)nnc1-c1ccc(OC)cc1. The number of amides is 1. The van der Waals surface area contributed by atoms with E-state index in [0.29, 0.717) is 10.9 Å². The molecule has 0 saturated carbocycles. The fraction of sp³-hybridized carbons (Fsp3) is 0.500. The molecule has 0 bridgehead atoms. The maximum absolute atomic E-state index is 12.0.